The number of nitrogens with one attached hydrogen (secondary N) is 1. The van der Waals surface area contributed by atoms with Crippen LogP contribution in [0.2, 0.25) is 0 Å². The van der Waals surface area contributed by atoms with Gasteiger partial charge in [-0.3, -0.25) is 4.90 Å². The Hall–Kier alpha value is 0.260. The summed E-state index contributed by atoms with van der Waals surface area (Å²) in [6.07, 6.45) is 6.66. The molecule has 2 heterocycles. The third kappa shape index (κ3) is 4.33. The summed E-state index contributed by atoms with van der Waals surface area (Å²) in [6, 6.07) is 0. The Morgan fingerprint density at radius 3 is 2.60 bits per heavy atom. The summed E-state index contributed by atoms with van der Waals surface area (Å²) in [5.41, 5.74) is 0. The molecule has 0 amide bonds. The lowest BCUT2D eigenvalue weighted by Crippen LogP contribution is -3.05. The van der Waals surface area contributed by atoms with Gasteiger partial charge in [0.2, 0.25) is 0 Å². The largest absolute Gasteiger partial charge is 1.00 e. The molecule has 1 atom stereocenters. The molecule has 6 heteroatoms. The number of nitrogens with zero attached hydrogens (tertiary/aromatic N) is 1. The van der Waals surface area contributed by atoms with Gasteiger partial charge in [-0.2, -0.15) is 4.99 Å². The smallest absolute Gasteiger partial charge is 0.266 e. The van der Waals surface area contributed by atoms with E-state index in [1.807, 2.05) is 18.0 Å². The number of nitrogens with two attached hydrogens (primary N) is 1. The molecule has 1 fully saturated rings. The van der Waals surface area contributed by atoms with Crippen molar-refractivity contribution in [2.24, 2.45) is 4.99 Å². The van der Waals surface area contributed by atoms with Crippen molar-refractivity contribution in [1.82, 2.24) is 0 Å². The molecular formula is C9H17Cl2N3S. The highest BCUT2D eigenvalue weighted by Gasteiger charge is 2.23. The molecule has 88 valence electrons. The van der Waals surface area contributed by atoms with Gasteiger partial charge in [0.15, 0.2) is 0 Å². The van der Waals surface area contributed by atoms with Crippen molar-refractivity contribution in [3.63, 3.8) is 0 Å². The summed E-state index contributed by atoms with van der Waals surface area (Å²) in [7, 11) is 2.14. The van der Waals surface area contributed by atoms with Crippen molar-refractivity contribution < 1.29 is 35.0 Å². The monoisotopic (exact) mass is 269 g/mol. The first kappa shape index (κ1) is 15.3. The van der Waals surface area contributed by atoms with E-state index in [1.165, 1.54) is 36.0 Å². The molecule has 1 unspecified atom stereocenters. The average Bonchev–Trinajstić information content (AvgIpc) is 2.54. The van der Waals surface area contributed by atoms with Crippen molar-refractivity contribution in [3.8, 4) is 0 Å². The van der Waals surface area contributed by atoms with Crippen LogP contribution in [0.3, 0.4) is 0 Å². The van der Waals surface area contributed by atoms with Crippen LogP contribution in [0.25, 0.3) is 0 Å². The van der Waals surface area contributed by atoms with Crippen molar-refractivity contribution in [1.29, 1.82) is 0 Å². The molecule has 3 N–H and O–H groups in total. The van der Waals surface area contributed by atoms with Gasteiger partial charge in [0.1, 0.15) is 6.20 Å². The summed E-state index contributed by atoms with van der Waals surface area (Å²) in [5, 5.41) is 4.45. The summed E-state index contributed by atoms with van der Waals surface area (Å²) < 4.78 is 0. The van der Waals surface area contributed by atoms with E-state index in [1.54, 1.807) is 0 Å². The zero-order valence-corrected chi connectivity index (χ0v) is 11.1. The quantitative estimate of drug-likeness (QED) is 0.488. The molecule has 0 spiro atoms. The molecule has 0 aromatic carbocycles. The number of quaternary nitrogens is 2. The molecule has 0 bridgehead atoms. The number of amidine groups is 1. The van der Waals surface area contributed by atoms with Gasteiger partial charge in [-0.1, -0.05) is 0 Å². The van der Waals surface area contributed by atoms with Gasteiger partial charge < -0.3 is 30.1 Å². The fourth-order valence-electron chi connectivity index (χ4n) is 1.69. The molecule has 0 saturated carbocycles. The van der Waals surface area contributed by atoms with Gasteiger partial charge >= 0.3 is 0 Å². The van der Waals surface area contributed by atoms with Crippen LogP contribution in [-0.4, -0.2) is 30.6 Å². The van der Waals surface area contributed by atoms with Gasteiger partial charge in [0.25, 0.3) is 5.17 Å². The Bertz CT molecular complexity index is 240. The number of aliphatic imine (C=N–C) groups is 1. The first-order valence-electron chi connectivity index (χ1n) is 4.93. The summed E-state index contributed by atoms with van der Waals surface area (Å²) >= 11 is 1.97. The molecule has 2 aliphatic heterocycles. The molecule has 0 aliphatic carbocycles. The van der Waals surface area contributed by atoms with Gasteiger partial charge in [0.05, 0.1) is 26.3 Å². The fourth-order valence-corrected chi connectivity index (χ4v) is 2.88. The standard InChI is InChI=1S/C9H15N3S.2ClH/c1-12-7-6-11-9(12)13-8-2-4-10-5-3-8;;/h6-8,10H,2-5H2,1H3;2*1H. The van der Waals surface area contributed by atoms with Crippen molar-refractivity contribution in [3.05, 3.63) is 12.4 Å². The van der Waals surface area contributed by atoms with Gasteiger partial charge in [0, 0.05) is 18.1 Å². The number of hydrogen-bond donors (Lipinski definition) is 2. The summed E-state index contributed by atoms with van der Waals surface area (Å²) in [5.74, 6) is 0. The molecular weight excluding hydrogens is 253 g/mol. The zero-order valence-electron chi connectivity index (χ0n) is 8.75. The second kappa shape index (κ2) is 7.52. The Labute approximate surface area is 108 Å². The van der Waals surface area contributed by atoms with E-state index in [0.29, 0.717) is 0 Å². The lowest BCUT2D eigenvalue weighted by atomic mass is 10.2. The highest BCUT2D eigenvalue weighted by molar-refractivity contribution is 8.13. The third-order valence-corrected chi connectivity index (χ3v) is 3.97. The first-order chi connectivity index (χ1) is 6.36. The average molecular weight is 270 g/mol. The van der Waals surface area contributed by atoms with E-state index < -0.39 is 0 Å². The number of piperidine rings is 1. The van der Waals surface area contributed by atoms with E-state index >= 15 is 0 Å². The van der Waals surface area contributed by atoms with E-state index in [-0.39, 0.29) is 24.8 Å². The van der Waals surface area contributed by atoms with Gasteiger partial charge in [-0.05, 0) is 11.8 Å². The minimum atomic E-state index is 0. The Kier molecular flexibility index (Phi) is 7.65. The molecule has 0 aromatic heterocycles. The zero-order chi connectivity index (χ0) is 9.10. The lowest BCUT2D eigenvalue weighted by Gasteiger charge is -2.19. The van der Waals surface area contributed by atoms with Crippen LogP contribution in [0.4, 0.5) is 0 Å². The topological polar surface area (TPSA) is 33.4 Å². The second-order valence-corrected chi connectivity index (χ2v) is 4.91. The number of thioether (sulfide) groups is 1. The lowest BCUT2D eigenvalue weighted by molar-refractivity contribution is -0.713. The number of hydrogen-bond acceptors (Lipinski definition) is 2. The van der Waals surface area contributed by atoms with Gasteiger partial charge in [-0.15, -0.1) is 0 Å². The third-order valence-electron chi connectivity index (χ3n) is 2.52. The molecule has 0 aromatic rings. The minimum absolute atomic E-state index is 0. The second-order valence-electron chi connectivity index (χ2n) is 3.62. The van der Waals surface area contributed by atoms with Crippen LogP contribution < -0.4 is 35.0 Å². The predicted octanol–water partition coefficient (Wildman–Crippen LogP) is -7.19. The highest BCUT2D eigenvalue weighted by atomic mass is 35.5. The number of rotatable bonds is 1. The molecule has 1 saturated heterocycles. The van der Waals surface area contributed by atoms with Crippen molar-refractivity contribution in [2.45, 2.75) is 18.1 Å². The molecule has 3 nitrogen and oxygen atoms in total. The molecule has 2 aliphatic rings. The van der Waals surface area contributed by atoms with E-state index in [2.05, 4.69) is 23.6 Å². The molecule has 15 heavy (non-hydrogen) atoms. The van der Waals surface area contributed by atoms with Gasteiger partial charge in [-0.25, -0.2) is 0 Å². The van der Waals surface area contributed by atoms with Crippen LogP contribution in [-0.2, 0) is 0 Å². The van der Waals surface area contributed by atoms with Crippen molar-refractivity contribution in [2.75, 3.05) is 20.1 Å². The predicted molar refractivity (Wildman–Crippen MR) is 55.7 cm³/mol. The molecule has 2 rings (SSSR count). The van der Waals surface area contributed by atoms with Crippen LogP contribution >= 0.6 is 11.8 Å². The van der Waals surface area contributed by atoms with Crippen LogP contribution in [0.1, 0.15) is 12.8 Å². The maximum Gasteiger partial charge on any atom is 0.266 e. The normalized spacial score (nSPS) is 25.4. The SMILES string of the molecule is C[NH+]1C=CN=C1SC1CC[NH2+]CC1.[Cl-].[Cl-]. The van der Waals surface area contributed by atoms with Crippen LogP contribution in [0.15, 0.2) is 17.4 Å². The van der Waals surface area contributed by atoms with E-state index in [4.69, 9.17) is 0 Å². The maximum absolute atomic E-state index is 4.36. The van der Waals surface area contributed by atoms with Crippen LogP contribution in [0.5, 0.6) is 0 Å². The Balaban J connectivity index is 0.000000980. The van der Waals surface area contributed by atoms with E-state index in [0.717, 1.165) is 5.25 Å². The Morgan fingerprint density at radius 1 is 1.40 bits per heavy atom. The highest BCUT2D eigenvalue weighted by Crippen LogP contribution is 2.18. The first-order valence-corrected chi connectivity index (χ1v) is 5.81. The number of halogens is 2. The summed E-state index contributed by atoms with van der Waals surface area (Å²) in [6.45, 7) is 2.58. The maximum atomic E-state index is 4.36. The Morgan fingerprint density at radius 2 is 2.07 bits per heavy atom. The van der Waals surface area contributed by atoms with Crippen LogP contribution in [0, 0.1) is 0 Å². The van der Waals surface area contributed by atoms with Crippen molar-refractivity contribution >= 4 is 16.9 Å². The summed E-state index contributed by atoms with van der Waals surface area (Å²) in [4.78, 5) is 5.70. The fraction of sp³-hybridized carbons (Fsp3) is 0.667. The minimum Gasteiger partial charge on any atom is -1.00 e. The van der Waals surface area contributed by atoms with E-state index in [9.17, 15) is 0 Å². The molecule has 0 radical (unpaired) electrons.